The number of fused-ring (bicyclic) bond motifs is 1. The molecule has 2 heterocycles. The quantitative estimate of drug-likeness (QED) is 0.780. The molecule has 0 unspecified atom stereocenters. The van der Waals surface area contributed by atoms with Crippen LogP contribution >= 0.6 is 0 Å². The molecule has 0 bridgehead atoms. The van der Waals surface area contributed by atoms with Crippen LogP contribution in [0.15, 0.2) is 30.0 Å². The number of benzene rings is 1. The molecule has 0 amide bonds. The third kappa shape index (κ3) is 2.89. The Morgan fingerprint density at radius 2 is 1.83 bits per heavy atom. The Balaban J connectivity index is 1.96. The molecular formula is C18H24BFN2O2. The topological polar surface area (TPSA) is 36.3 Å². The molecule has 3 rings (SSSR count). The normalized spacial score (nSPS) is 20.1. The fraction of sp³-hybridized carbons (Fsp3) is 0.500. The summed E-state index contributed by atoms with van der Waals surface area (Å²) in [7, 11) is -0.995. The Hall–Kier alpha value is -1.66. The van der Waals surface area contributed by atoms with E-state index in [1.54, 1.807) is 0 Å². The summed E-state index contributed by atoms with van der Waals surface area (Å²) in [5, 5.41) is 0. The molecule has 2 aromatic rings. The number of para-hydroxylation sites is 2. The van der Waals surface area contributed by atoms with Gasteiger partial charge in [0.05, 0.1) is 22.2 Å². The highest BCUT2D eigenvalue weighted by Crippen LogP contribution is 2.39. The third-order valence-electron chi connectivity index (χ3n) is 4.88. The van der Waals surface area contributed by atoms with E-state index in [1.807, 2.05) is 56.5 Å². The van der Waals surface area contributed by atoms with Gasteiger partial charge < -0.3 is 13.9 Å². The lowest BCUT2D eigenvalue weighted by Crippen LogP contribution is -2.41. The van der Waals surface area contributed by atoms with E-state index < -0.39 is 24.0 Å². The highest BCUT2D eigenvalue weighted by Gasteiger charge is 2.53. The Bertz CT molecular complexity index is 766. The lowest BCUT2D eigenvalue weighted by molar-refractivity contribution is 0.00578. The molecule has 128 valence electrons. The van der Waals surface area contributed by atoms with Gasteiger partial charge in [0.15, 0.2) is 0 Å². The molecule has 1 saturated heterocycles. The van der Waals surface area contributed by atoms with Gasteiger partial charge in [-0.3, -0.25) is 0 Å². The Morgan fingerprint density at radius 1 is 1.21 bits per heavy atom. The van der Waals surface area contributed by atoms with Crippen LogP contribution in [0.1, 0.15) is 46.9 Å². The summed E-state index contributed by atoms with van der Waals surface area (Å²) in [5.74, 6) is 0.588. The zero-order chi connectivity index (χ0) is 17.5. The van der Waals surface area contributed by atoms with Crippen molar-refractivity contribution in [1.82, 2.24) is 9.55 Å². The second-order valence-corrected chi connectivity index (χ2v) is 7.23. The molecule has 0 atom stereocenters. The monoisotopic (exact) mass is 330 g/mol. The second-order valence-electron chi connectivity index (χ2n) is 7.23. The van der Waals surface area contributed by atoms with Crippen LogP contribution in [0, 0.1) is 0 Å². The third-order valence-corrected chi connectivity index (χ3v) is 4.88. The SMILES string of the molecule is CCCn1c(C=C(F)B2OC(C)(C)C(C)(C)O2)nc2ccccc21. The molecular weight excluding hydrogens is 306 g/mol. The van der Waals surface area contributed by atoms with Crippen molar-refractivity contribution < 1.29 is 13.7 Å². The number of aromatic nitrogens is 2. The largest absolute Gasteiger partial charge is 0.525 e. The van der Waals surface area contributed by atoms with Crippen molar-refractivity contribution in [1.29, 1.82) is 0 Å². The highest BCUT2D eigenvalue weighted by atomic mass is 19.1. The summed E-state index contributed by atoms with van der Waals surface area (Å²) in [4.78, 5) is 4.55. The molecule has 6 heteroatoms. The van der Waals surface area contributed by atoms with E-state index in [4.69, 9.17) is 9.31 Å². The van der Waals surface area contributed by atoms with Gasteiger partial charge >= 0.3 is 7.12 Å². The van der Waals surface area contributed by atoms with Crippen LogP contribution in [0.2, 0.25) is 0 Å². The van der Waals surface area contributed by atoms with Crippen LogP contribution in [-0.2, 0) is 15.9 Å². The van der Waals surface area contributed by atoms with Crippen molar-refractivity contribution in [3.63, 3.8) is 0 Å². The standard InChI is InChI=1S/C18H24BFN2O2/c1-6-11-22-14-10-8-7-9-13(14)21-16(22)12-15(20)19-23-17(2,3)18(4,5)24-19/h7-10,12H,6,11H2,1-5H3. The molecule has 4 nitrogen and oxygen atoms in total. The number of halogens is 1. The summed E-state index contributed by atoms with van der Waals surface area (Å²) in [6.45, 7) is 10.5. The van der Waals surface area contributed by atoms with Crippen LogP contribution < -0.4 is 0 Å². The highest BCUT2D eigenvalue weighted by molar-refractivity contribution is 6.54. The zero-order valence-corrected chi connectivity index (χ0v) is 15.0. The predicted molar refractivity (Wildman–Crippen MR) is 95.2 cm³/mol. The molecule has 1 aliphatic rings. The van der Waals surface area contributed by atoms with Gasteiger partial charge in [-0.2, -0.15) is 0 Å². The first-order valence-corrected chi connectivity index (χ1v) is 8.43. The van der Waals surface area contributed by atoms with Crippen molar-refractivity contribution >= 4 is 24.2 Å². The van der Waals surface area contributed by atoms with Crippen LogP contribution in [0.4, 0.5) is 4.39 Å². The molecule has 0 saturated carbocycles. The molecule has 1 aromatic carbocycles. The second kappa shape index (κ2) is 6.01. The Labute approximate surface area is 142 Å². The molecule has 0 spiro atoms. The lowest BCUT2D eigenvalue weighted by atomic mass is 9.87. The predicted octanol–water partition coefficient (Wildman–Crippen LogP) is 4.39. The van der Waals surface area contributed by atoms with E-state index >= 15 is 0 Å². The number of hydrogen-bond donors (Lipinski definition) is 0. The molecule has 1 fully saturated rings. The maximum Gasteiger partial charge on any atom is 0.525 e. The van der Waals surface area contributed by atoms with Gasteiger partial charge in [-0.1, -0.05) is 19.1 Å². The van der Waals surface area contributed by atoms with Gasteiger partial charge in [0.1, 0.15) is 11.6 Å². The van der Waals surface area contributed by atoms with E-state index in [9.17, 15) is 4.39 Å². The van der Waals surface area contributed by atoms with Gasteiger partial charge in [0.25, 0.3) is 0 Å². The maximum absolute atomic E-state index is 14.8. The molecule has 0 aliphatic carbocycles. The van der Waals surface area contributed by atoms with Crippen LogP contribution in [0.3, 0.4) is 0 Å². The van der Waals surface area contributed by atoms with Crippen LogP contribution in [0.5, 0.6) is 0 Å². The van der Waals surface area contributed by atoms with Crippen LogP contribution in [-0.4, -0.2) is 27.9 Å². The van der Waals surface area contributed by atoms with Crippen molar-refractivity contribution in [2.45, 2.75) is 58.8 Å². The van der Waals surface area contributed by atoms with E-state index in [1.165, 1.54) is 6.08 Å². The fourth-order valence-electron chi connectivity index (χ4n) is 2.81. The van der Waals surface area contributed by atoms with Gasteiger partial charge in [-0.25, -0.2) is 9.37 Å². The molecule has 1 aromatic heterocycles. The van der Waals surface area contributed by atoms with Gasteiger partial charge in [0, 0.05) is 12.6 Å². The maximum atomic E-state index is 14.8. The Kier molecular flexibility index (Phi) is 4.30. The van der Waals surface area contributed by atoms with Crippen molar-refractivity contribution in [3.05, 3.63) is 35.8 Å². The average Bonchev–Trinajstić information content (AvgIpc) is 2.94. The molecule has 0 N–H and O–H groups in total. The average molecular weight is 330 g/mol. The smallest absolute Gasteiger partial charge is 0.398 e. The minimum Gasteiger partial charge on any atom is -0.398 e. The first-order chi connectivity index (χ1) is 11.2. The number of aryl methyl sites for hydroxylation is 1. The van der Waals surface area contributed by atoms with Crippen LogP contribution in [0.25, 0.3) is 17.1 Å². The number of imidazole rings is 1. The van der Waals surface area contributed by atoms with Crippen molar-refractivity contribution in [2.24, 2.45) is 0 Å². The number of hydrogen-bond acceptors (Lipinski definition) is 3. The van der Waals surface area contributed by atoms with E-state index in [2.05, 4.69) is 11.9 Å². The van der Waals surface area contributed by atoms with E-state index in [0.717, 1.165) is 24.0 Å². The molecule has 1 aliphatic heterocycles. The number of nitrogens with zero attached hydrogens (tertiary/aromatic N) is 2. The summed E-state index contributed by atoms with van der Waals surface area (Å²) in [6, 6.07) is 7.84. The Morgan fingerprint density at radius 3 is 2.46 bits per heavy atom. The molecule has 24 heavy (non-hydrogen) atoms. The summed E-state index contributed by atoms with van der Waals surface area (Å²) >= 11 is 0. The van der Waals surface area contributed by atoms with Crippen molar-refractivity contribution in [2.75, 3.05) is 0 Å². The summed E-state index contributed by atoms with van der Waals surface area (Å²) in [6.07, 6.45) is 2.37. The van der Waals surface area contributed by atoms with Gasteiger partial charge in [-0.15, -0.1) is 0 Å². The van der Waals surface area contributed by atoms with E-state index in [-0.39, 0.29) is 0 Å². The van der Waals surface area contributed by atoms with Gasteiger partial charge in [0.2, 0.25) is 0 Å². The minimum absolute atomic E-state index is 0.457. The van der Waals surface area contributed by atoms with Crippen molar-refractivity contribution in [3.8, 4) is 0 Å². The summed E-state index contributed by atoms with van der Waals surface area (Å²) < 4.78 is 28.4. The molecule has 0 radical (unpaired) electrons. The summed E-state index contributed by atoms with van der Waals surface area (Å²) in [5.41, 5.74) is 0.284. The van der Waals surface area contributed by atoms with E-state index in [0.29, 0.717) is 5.82 Å². The lowest BCUT2D eigenvalue weighted by Gasteiger charge is -2.32. The minimum atomic E-state index is -0.995. The van der Waals surface area contributed by atoms with Gasteiger partial charge in [-0.05, 0) is 46.2 Å². The zero-order valence-electron chi connectivity index (χ0n) is 15.0. The first kappa shape index (κ1) is 17.2. The first-order valence-electron chi connectivity index (χ1n) is 8.43. The number of rotatable bonds is 4. The fourth-order valence-corrected chi connectivity index (χ4v) is 2.81.